The molecule has 0 aromatic heterocycles. The zero-order valence-electron chi connectivity index (χ0n) is 14.6. The van der Waals surface area contributed by atoms with Gasteiger partial charge in [0.15, 0.2) is 0 Å². The minimum atomic E-state index is 0.831. The van der Waals surface area contributed by atoms with Gasteiger partial charge in [-0.1, -0.05) is 48.5 Å². The van der Waals surface area contributed by atoms with E-state index in [0.29, 0.717) is 0 Å². The highest BCUT2D eigenvalue weighted by atomic mass is 16.2. The molecule has 0 saturated carbocycles. The Morgan fingerprint density at radius 1 is 1.00 bits per heavy atom. The number of nitrogens with zero attached hydrogens (tertiary/aromatic N) is 1. The quantitative estimate of drug-likeness (QED) is 0.581. The molecule has 1 N–H and O–H groups in total. The van der Waals surface area contributed by atoms with Gasteiger partial charge in [0.25, 0.3) is 0 Å². The van der Waals surface area contributed by atoms with Crippen molar-refractivity contribution in [2.45, 2.75) is 26.7 Å². The maximum absolute atomic E-state index is 9.36. The van der Waals surface area contributed by atoms with Gasteiger partial charge in [-0.2, -0.15) is 0 Å². The lowest BCUT2D eigenvalue weighted by molar-refractivity contribution is 0.475. The van der Waals surface area contributed by atoms with Gasteiger partial charge in [0.1, 0.15) is 0 Å². The molecule has 3 aromatic rings. The van der Waals surface area contributed by atoms with Gasteiger partial charge in [-0.3, -0.25) is 4.99 Å². The van der Waals surface area contributed by atoms with Crippen molar-refractivity contribution in [3.8, 4) is 0 Å². The van der Waals surface area contributed by atoms with Crippen LogP contribution in [-0.2, 0) is 12.8 Å². The number of aryl methyl sites for hydroxylation is 1. The van der Waals surface area contributed by atoms with Crippen molar-refractivity contribution in [1.29, 1.82) is 0 Å². The lowest BCUT2D eigenvalue weighted by Gasteiger charge is -2.07. The van der Waals surface area contributed by atoms with Crippen molar-refractivity contribution in [3.05, 3.63) is 83.1 Å². The van der Waals surface area contributed by atoms with Gasteiger partial charge in [0.2, 0.25) is 0 Å². The molecule has 0 saturated heterocycles. The van der Waals surface area contributed by atoms with Crippen LogP contribution < -0.4 is 0 Å². The molecule has 0 unspecified atom stereocenters. The molecule has 2 nitrogen and oxygen atoms in total. The van der Waals surface area contributed by atoms with E-state index in [4.69, 9.17) is 4.99 Å². The molecular formula is C23H21NO. The van der Waals surface area contributed by atoms with Crippen LogP contribution in [0.15, 0.2) is 65.9 Å². The van der Waals surface area contributed by atoms with E-state index in [2.05, 4.69) is 37.3 Å². The first-order chi connectivity index (χ1) is 12.2. The Kier molecular flexibility index (Phi) is 3.89. The van der Waals surface area contributed by atoms with Crippen LogP contribution in [0.4, 0.5) is 5.69 Å². The molecule has 0 heterocycles. The summed E-state index contributed by atoms with van der Waals surface area (Å²) >= 11 is 0. The first kappa shape index (κ1) is 15.6. The second-order valence-corrected chi connectivity index (χ2v) is 6.73. The predicted molar refractivity (Wildman–Crippen MR) is 106 cm³/mol. The average Bonchev–Trinajstić information content (AvgIpc) is 3.06. The summed E-state index contributed by atoms with van der Waals surface area (Å²) < 4.78 is 0. The molecule has 0 bridgehead atoms. The van der Waals surface area contributed by atoms with Crippen molar-refractivity contribution in [1.82, 2.24) is 0 Å². The van der Waals surface area contributed by atoms with E-state index in [-0.39, 0.29) is 0 Å². The lowest BCUT2D eigenvalue weighted by Crippen LogP contribution is -1.96. The first-order valence-electron chi connectivity index (χ1n) is 8.64. The Hall–Kier alpha value is -2.87. The summed E-state index contributed by atoms with van der Waals surface area (Å²) in [6.07, 6.45) is 2.95. The highest BCUT2D eigenvalue weighted by Gasteiger charge is 2.21. The summed E-state index contributed by atoms with van der Waals surface area (Å²) in [5, 5.41) is 12.0. The van der Waals surface area contributed by atoms with Gasteiger partial charge in [-0.25, -0.2) is 0 Å². The molecular weight excluding hydrogens is 306 g/mol. The second-order valence-electron chi connectivity index (χ2n) is 6.73. The van der Waals surface area contributed by atoms with Crippen LogP contribution in [0.2, 0.25) is 0 Å². The van der Waals surface area contributed by atoms with E-state index in [1.165, 1.54) is 33.2 Å². The number of aliphatic imine (C=N–C) groups is 1. The van der Waals surface area contributed by atoms with Gasteiger partial charge >= 0.3 is 0 Å². The molecule has 1 aliphatic carbocycles. The fourth-order valence-corrected chi connectivity index (χ4v) is 3.76. The molecule has 4 rings (SSSR count). The number of hydrogen-bond acceptors (Lipinski definition) is 2. The van der Waals surface area contributed by atoms with Gasteiger partial charge in [-0.15, -0.1) is 0 Å². The SMILES string of the molecule is CC(=CO)c1ccccc1N=C1Cc2c(C)cc3ccccc3c2C1. The van der Waals surface area contributed by atoms with E-state index < -0.39 is 0 Å². The summed E-state index contributed by atoms with van der Waals surface area (Å²) in [5.74, 6) is 0. The van der Waals surface area contributed by atoms with Crippen molar-refractivity contribution < 1.29 is 5.11 Å². The van der Waals surface area contributed by atoms with Crippen LogP contribution in [0.1, 0.15) is 29.2 Å². The number of hydrogen-bond donors (Lipinski definition) is 1. The van der Waals surface area contributed by atoms with Crippen molar-refractivity contribution >= 4 is 27.7 Å². The van der Waals surface area contributed by atoms with Crippen LogP contribution in [0.5, 0.6) is 0 Å². The maximum Gasteiger partial charge on any atom is 0.0827 e. The molecule has 0 aliphatic heterocycles. The Morgan fingerprint density at radius 2 is 1.72 bits per heavy atom. The van der Waals surface area contributed by atoms with Crippen LogP contribution in [-0.4, -0.2) is 10.8 Å². The smallest absolute Gasteiger partial charge is 0.0827 e. The molecule has 0 amide bonds. The zero-order valence-corrected chi connectivity index (χ0v) is 14.6. The third-order valence-electron chi connectivity index (χ3n) is 5.06. The van der Waals surface area contributed by atoms with Gasteiger partial charge in [0.05, 0.1) is 11.9 Å². The molecule has 25 heavy (non-hydrogen) atoms. The normalized spacial score (nSPS) is 15.8. The molecule has 0 fully saturated rings. The molecule has 3 aromatic carbocycles. The van der Waals surface area contributed by atoms with Crippen LogP contribution in [0.25, 0.3) is 16.3 Å². The fraction of sp³-hybridized carbons (Fsp3) is 0.174. The Bertz CT molecular complexity index is 1030. The minimum Gasteiger partial charge on any atom is -0.515 e. The second kappa shape index (κ2) is 6.21. The summed E-state index contributed by atoms with van der Waals surface area (Å²) in [4.78, 5) is 4.95. The van der Waals surface area contributed by atoms with E-state index >= 15 is 0 Å². The van der Waals surface area contributed by atoms with Gasteiger partial charge in [0, 0.05) is 24.1 Å². The number of para-hydroxylation sites is 1. The summed E-state index contributed by atoms with van der Waals surface area (Å²) in [7, 11) is 0. The summed E-state index contributed by atoms with van der Waals surface area (Å²) in [6, 6.07) is 18.9. The Morgan fingerprint density at radius 3 is 2.56 bits per heavy atom. The standard InChI is InChI=1S/C23H21NO/c1-15-11-17-7-3-4-9-20(17)22-13-18(12-21(15)22)24-23-10-6-5-8-19(23)16(2)14-25/h3-11,14,25H,12-13H2,1-2H3. The molecule has 0 atom stereocenters. The van der Waals surface area contributed by atoms with Crippen LogP contribution >= 0.6 is 0 Å². The van der Waals surface area contributed by atoms with Crippen LogP contribution in [0.3, 0.4) is 0 Å². The fourth-order valence-electron chi connectivity index (χ4n) is 3.76. The highest BCUT2D eigenvalue weighted by Crippen LogP contribution is 2.33. The monoisotopic (exact) mass is 327 g/mol. The molecule has 0 radical (unpaired) electrons. The van der Waals surface area contributed by atoms with E-state index in [9.17, 15) is 5.11 Å². The van der Waals surface area contributed by atoms with E-state index in [1.54, 1.807) is 0 Å². The largest absolute Gasteiger partial charge is 0.515 e. The molecule has 124 valence electrons. The molecule has 0 spiro atoms. The molecule has 1 aliphatic rings. The maximum atomic E-state index is 9.36. The van der Waals surface area contributed by atoms with Crippen LogP contribution in [0, 0.1) is 6.92 Å². The third-order valence-corrected chi connectivity index (χ3v) is 5.06. The van der Waals surface area contributed by atoms with Gasteiger partial charge in [-0.05, 0) is 52.9 Å². The van der Waals surface area contributed by atoms with E-state index in [1.807, 2.05) is 31.2 Å². The number of benzene rings is 3. The summed E-state index contributed by atoms with van der Waals surface area (Å²) in [6.45, 7) is 4.10. The topological polar surface area (TPSA) is 32.6 Å². The Labute approximate surface area is 148 Å². The zero-order chi connectivity index (χ0) is 17.4. The first-order valence-corrected chi connectivity index (χ1v) is 8.64. The van der Waals surface area contributed by atoms with Crippen molar-refractivity contribution in [2.75, 3.05) is 0 Å². The van der Waals surface area contributed by atoms with Crippen molar-refractivity contribution in [2.24, 2.45) is 4.99 Å². The number of rotatable bonds is 2. The number of fused-ring (bicyclic) bond motifs is 3. The lowest BCUT2D eigenvalue weighted by atomic mass is 9.97. The number of aliphatic hydroxyl groups excluding tert-OH is 1. The summed E-state index contributed by atoms with van der Waals surface area (Å²) in [5.41, 5.74) is 8.11. The van der Waals surface area contributed by atoms with E-state index in [0.717, 1.165) is 35.9 Å². The van der Waals surface area contributed by atoms with Crippen molar-refractivity contribution in [3.63, 3.8) is 0 Å². The minimum absolute atomic E-state index is 0.831. The molecule has 2 heteroatoms. The number of aliphatic hydroxyl groups is 1. The average molecular weight is 327 g/mol. The highest BCUT2D eigenvalue weighted by molar-refractivity contribution is 6.01. The number of allylic oxidation sites excluding steroid dienone is 1. The predicted octanol–water partition coefficient (Wildman–Crippen LogP) is 5.94. The Balaban J connectivity index is 1.79. The van der Waals surface area contributed by atoms with Gasteiger partial charge < -0.3 is 5.11 Å². The third kappa shape index (κ3) is 2.74.